The van der Waals surface area contributed by atoms with E-state index in [1.807, 2.05) is 12.1 Å². The number of aromatic amines is 1. The van der Waals surface area contributed by atoms with Gasteiger partial charge in [-0.15, -0.1) is 11.8 Å². The van der Waals surface area contributed by atoms with Gasteiger partial charge in [0.2, 0.25) is 0 Å². The number of rotatable bonds is 3. The van der Waals surface area contributed by atoms with Gasteiger partial charge in [-0.3, -0.25) is 5.10 Å². The van der Waals surface area contributed by atoms with Crippen molar-refractivity contribution in [1.29, 1.82) is 0 Å². The number of nitrogens with one attached hydrogen (secondary N) is 1. The predicted octanol–water partition coefficient (Wildman–Crippen LogP) is 2.94. The third kappa shape index (κ3) is 1.80. The Morgan fingerprint density at radius 2 is 2.12 bits per heavy atom. The van der Waals surface area contributed by atoms with Crippen LogP contribution in [-0.4, -0.2) is 16.5 Å². The van der Waals surface area contributed by atoms with Crippen molar-refractivity contribution in [2.24, 2.45) is 0 Å². The van der Waals surface area contributed by atoms with Gasteiger partial charge in [0.15, 0.2) is 0 Å². The fourth-order valence-electron chi connectivity index (χ4n) is 1.81. The minimum absolute atomic E-state index is 0.605. The Hall–Kier alpha value is -1.42. The lowest BCUT2D eigenvalue weighted by molar-refractivity contribution is 1.10. The van der Waals surface area contributed by atoms with Crippen LogP contribution in [0.15, 0.2) is 29.2 Å². The average Bonchev–Trinajstić information content (AvgIpc) is 2.70. The van der Waals surface area contributed by atoms with Crippen LogP contribution in [0.1, 0.15) is 12.5 Å². The summed E-state index contributed by atoms with van der Waals surface area (Å²) in [5, 5.41) is 7.11. The normalized spacial score (nSPS) is 10.6. The zero-order chi connectivity index (χ0) is 11.5. The highest BCUT2D eigenvalue weighted by atomic mass is 32.2. The van der Waals surface area contributed by atoms with Crippen molar-refractivity contribution in [2.45, 2.75) is 18.2 Å². The number of aromatic nitrogens is 2. The monoisotopic (exact) mass is 233 g/mol. The topological polar surface area (TPSA) is 54.7 Å². The van der Waals surface area contributed by atoms with Crippen molar-refractivity contribution in [3.8, 4) is 11.3 Å². The molecule has 0 amide bonds. The van der Waals surface area contributed by atoms with Crippen molar-refractivity contribution in [3.05, 3.63) is 29.8 Å². The van der Waals surface area contributed by atoms with Crippen molar-refractivity contribution in [3.63, 3.8) is 0 Å². The Balaban J connectivity index is 2.58. The molecule has 3 nitrogen and oxygen atoms in total. The van der Waals surface area contributed by atoms with Crippen LogP contribution in [0.5, 0.6) is 0 Å². The number of nitrogens with two attached hydrogens (primary N) is 1. The standard InChI is InChI=1S/C12H15N3S/c1-3-8-11(14-15-12(8)13)9-6-4-5-7-10(9)16-2/h4-7H,3H2,1-2H3,(H3,13,14,15). The van der Waals surface area contributed by atoms with E-state index < -0.39 is 0 Å². The molecular weight excluding hydrogens is 218 g/mol. The van der Waals surface area contributed by atoms with Gasteiger partial charge >= 0.3 is 0 Å². The number of anilines is 1. The number of hydrogen-bond acceptors (Lipinski definition) is 3. The summed E-state index contributed by atoms with van der Waals surface area (Å²) in [6.45, 7) is 2.09. The first kappa shape index (κ1) is 11.1. The van der Waals surface area contributed by atoms with Gasteiger partial charge in [0.05, 0.1) is 5.69 Å². The summed E-state index contributed by atoms with van der Waals surface area (Å²) in [5.41, 5.74) is 9.15. The number of hydrogen-bond donors (Lipinski definition) is 2. The zero-order valence-corrected chi connectivity index (χ0v) is 10.3. The number of H-pyrrole nitrogens is 1. The Morgan fingerprint density at radius 1 is 1.38 bits per heavy atom. The lowest BCUT2D eigenvalue weighted by atomic mass is 10.1. The van der Waals surface area contributed by atoms with Gasteiger partial charge in [0, 0.05) is 16.0 Å². The minimum Gasteiger partial charge on any atom is -0.382 e. The summed E-state index contributed by atoms with van der Waals surface area (Å²) >= 11 is 1.73. The molecule has 0 aliphatic heterocycles. The van der Waals surface area contributed by atoms with E-state index in [2.05, 4.69) is 35.5 Å². The lowest BCUT2D eigenvalue weighted by Gasteiger charge is -2.06. The molecule has 84 valence electrons. The van der Waals surface area contributed by atoms with Crippen LogP contribution in [0.4, 0.5) is 5.82 Å². The van der Waals surface area contributed by atoms with E-state index in [9.17, 15) is 0 Å². The first-order valence-corrected chi connectivity index (χ1v) is 6.46. The van der Waals surface area contributed by atoms with E-state index >= 15 is 0 Å². The van der Waals surface area contributed by atoms with Gasteiger partial charge in [0.1, 0.15) is 5.82 Å². The second kappa shape index (κ2) is 4.61. The van der Waals surface area contributed by atoms with Crippen LogP contribution in [0.2, 0.25) is 0 Å². The third-order valence-electron chi connectivity index (χ3n) is 2.63. The van der Waals surface area contributed by atoms with Crippen LogP contribution in [0.3, 0.4) is 0 Å². The summed E-state index contributed by atoms with van der Waals surface area (Å²) < 4.78 is 0. The van der Waals surface area contributed by atoms with Crippen molar-refractivity contribution < 1.29 is 0 Å². The molecule has 4 heteroatoms. The zero-order valence-electron chi connectivity index (χ0n) is 9.45. The Morgan fingerprint density at radius 3 is 2.81 bits per heavy atom. The Labute approximate surface area is 99.4 Å². The molecule has 0 saturated heterocycles. The van der Waals surface area contributed by atoms with E-state index in [4.69, 9.17) is 5.73 Å². The summed E-state index contributed by atoms with van der Waals surface area (Å²) in [4.78, 5) is 1.24. The fraction of sp³-hybridized carbons (Fsp3) is 0.250. The van der Waals surface area contributed by atoms with Gasteiger partial charge in [-0.05, 0) is 18.7 Å². The third-order valence-corrected chi connectivity index (χ3v) is 3.42. The average molecular weight is 233 g/mol. The quantitative estimate of drug-likeness (QED) is 0.801. The molecule has 1 heterocycles. The molecule has 16 heavy (non-hydrogen) atoms. The molecule has 1 aromatic carbocycles. The number of benzene rings is 1. The predicted molar refractivity (Wildman–Crippen MR) is 69.6 cm³/mol. The highest BCUT2D eigenvalue weighted by Gasteiger charge is 2.13. The fourth-order valence-corrected chi connectivity index (χ4v) is 2.42. The summed E-state index contributed by atoms with van der Waals surface area (Å²) in [6.07, 6.45) is 2.96. The molecule has 0 fully saturated rings. The maximum Gasteiger partial charge on any atom is 0.149 e. The highest BCUT2D eigenvalue weighted by molar-refractivity contribution is 7.98. The minimum atomic E-state index is 0.605. The molecule has 0 aliphatic carbocycles. The molecule has 2 rings (SSSR count). The van der Waals surface area contributed by atoms with Crippen molar-refractivity contribution in [2.75, 3.05) is 12.0 Å². The molecule has 0 atom stereocenters. The molecule has 0 radical (unpaired) electrons. The van der Waals surface area contributed by atoms with Crippen LogP contribution in [-0.2, 0) is 6.42 Å². The van der Waals surface area contributed by atoms with Gasteiger partial charge in [-0.25, -0.2) is 0 Å². The maximum absolute atomic E-state index is 5.83. The molecule has 0 unspecified atom stereocenters. The smallest absolute Gasteiger partial charge is 0.149 e. The van der Waals surface area contributed by atoms with Gasteiger partial charge in [-0.2, -0.15) is 5.10 Å². The number of nitrogens with zero attached hydrogens (tertiary/aromatic N) is 1. The van der Waals surface area contributed by atoms with Crippen molar-refractivity contribution in [1.82, 2.24) is 10.2 Å². The van der Waals surface area contributed by atoms with E-state index in [1.54, 1.807) is 11.8 Å². The first-order chi connectivity index (χ1) is 7.77. The van der Waals surface area contributed by atoms with Gasteiger partial charge in [-0.1, -0.05) is 25.1 Å². The second-order valence-electron chi connectivity index (χ2n) is 3.52. The lowest BCUT2D eigenvalue weighted by Crippen LogP contribution is -1.91. The number of thioether (sulfide) groups is 1. The van der Waals surface area contributed by atoms with E-state index in [0.29, 0.717) is 5.82 Å². The maximum atomic E-state index is 5.83. The number of nitrogen functional groups attached to an aromatic ring is 1. The first-order valence-electron chi connectivity index (χ1n) is 5.24. The molecule has 1 aromatic heterocycles. The van der Waals surface area contributed by atoms with Gasteiger partial charge in [0.25, 0.3) is 0 Å². The largest absolute Gasteiger partial charge is 0.382 e. The highest BCUT2D eigenvalue weighted by Crippen LogP contribution is 2.32. The van der Waals surface area contributed by atoms with Crippen LogP contribution < -0.4 is 5.73 Å². The molecule has 0 spiro atoms. The van der Waals surface area contributed by atoms with E-state index in [0.717, 1.165) is 17.7 Å². The van der Waals surface area contributed by atoms with Crippen molar-refractivity contribution >= 4 is 17.6 Å². The molecule has 0 saturated carbocycles. The molecule has 2 aromatic rings. The summed E-state index contributed by atoms with van der Waals surface area (Å²) in [7, 11) is 0. The summed E-state index contributed by atoms with van der Waals surface area (Å²) in [5.74, 6) is 0.605. The molecule has 0 aliphatic rings. The van der Waals surface area contributed by atoms with Crippen LogP contribution >= 0.6 is 11.8 Å². The molecule has 3 N–H and O–H groups in total. The Bertz CT molecular complexity index is 491. The second-order valence-corrected chi connectivity index (χ2v) is 4.36. The van der Waals surface area contributed by atoms with Crippen LogP contribution in [0, 0.1) is 0 Å². The Kier molecular flexibility index (Phi) is 3.19. The molecule has 0 bridgehead atoms. The summed E-state index contributed by atoms with van der Waals surface area (Å²) in [6, 6.07) is 8.28. The van der Waals surface area contributed by atoms with Crippen LogP contribution in [0.25, 0.3) is 11.3 Å². The SMILES string of the molecule is CCc1c(N)n[nH]c1-c1ccccc1SC. The molecular formula is C12H15N3S. The van der Waals surface area contributed by atoms with Gasteiger partial charge < -0.3 is 5.73 Å². The van der Waals surface area contributed by atoms with E-state index in [1.165, 1.54) is 10.5 Å². The van der Waals surface area contributed by atoms with E-state index in [-0.39, 0.29) is 0 Å².